The number of nitrogens with zero attached hydrogens (tertiary/aromatic N) is 3. The van der Waals surface area contributed by atoms with E-state index in [1.165, 1.54) is 12.1 Å². The van der Waals surface area contributed by atoms with Crippen molar-refractivity contribution in [3.05, 3.63) is 38.4 Å². The Hall–Kier alpha value is -2.69. The second-order valence-corrected chi connectivity index (χ2v) is 3.05. The van der Waals surface area contributed by atoms with Gasteiger partial charge in [-0.25, -0.2) is 0 Å². The van der Waals surface area contributed by atoms with E-state index in [4.69, 9.17) is 5.26 Å². The monoisotopic (exact) mass is 236 g/mol. The molecular weight excluding hydrogens is 228 g/mol. The lowest BCUT2D eigenvalue weighted by molar-refractivity contribution is -0.393. The summed E-state index contributed by atoms with van der Waals surface area (Å²) in [6, 6.07) is 5.19. The van der Waals surface area contributed by atoms with Crippen molar-refractivity contribution < 1.29 is 9.85 Å². The van der Waals surface area contributed by atoms with Gasteiger partial charge < -0.3 is 5.32 Å². The molecule has 0 bridgehead atoms. The number of hydrogen-bond donors (Lipinski definition) is 1. The fourth-order valence-electron chi connectivity index (χ4n) is 1.19. The van der Waals surface area contributed by atoms with E-state index in [2.05, 4.69) is 5.32 Å². The highest BCUT2D eigenvalue weighted by Crippen LogP contribution is 2.28. The molecule has 0 amide bonds. The van der Waals surface area contributed by atoms with Crippen LogP contribution in [0.25, 0.3) is 0 Å². The highest BCUT2D eigenvalue weighted by Gasteiger charge is 2.18. The van der Waals surface area contributed by atoms with Crippen LogP contribution in [0.15, 0.2) is 18.2 Å². The average Bonchev–Trinajstić information content (AvgIpc) is 2.29. The fraction of sp³-hybridized carbons (Fsp3) is 0.222. The Kier molecular flexibility index (Phi) is 3.94. The van der Waals surface area contributed by atoms with E-state index >= 15 is 0 Å². The Labute approximate surface area is 95.8 Å². The molecule has 0 saturated carbocycles. The van der Waals surface area contributed by atoms with Crippen LogP contribution in [-0.4, -0.2) is 16.4 Å². The number of non-ortho nitro benzene ring substituents is 1. The number of benzene rings is 1. The summed E-state index contributed by atoms with van der Waals surface area (Å²) in [4.78, 5) is 19.8. The molecule has 0 spiro atoms. The summed E-state index contributed by atoms with van der Waals surface area (Å²) < 4.78 is 0. The molecule has 0 aliphatic rings. The van der Waals surface area contributed by atoms with Crippen LogP contribution in [0.3, 0.4) is 0 Å². The first-order valence-electron chi connectivity index (χ1n) is 4.60. The third kappa shape index (κ3) is 3.13. The van der Waals surface area contributed by atoms with Crippen molar-refractivity contribution in [1.82, 2.24) is 0 Å². The highest BCUT2D eigenvalue weighted by molar-refractivity contribution is 5.65. The van der Waals surface area contributed by atoms with Gasteiger partial charge in [-0.1, -0.05) is 0 Å². The number of nitrogens with one attached hydrogen (secondary N) is 1. The maximum Gasteiger partial charge on any atom is 0.299 e. The maximum absolute atomic E-state index is 10.7. The summed E-state index contributed by atoms with van der Waals surface area (Å²) in [7, 11) is 0. The number of nitro groups is 2. The van der Waals surface area contributed by atoms with Crippen molar-refractivity contribution in [2.45, 2.75) is 6.42 Å². The van der Waals surface area contributed by atoms with Crippen LogP contribution < -0.4 is 5.32 Å². The zero-order valence-corrected chi connectivity index (χ0v) is 8.62. The van der Waals surface area contributed by atoms with Gasteiger partial charge in [0.25, 0.3) is 11.4 Å². The summed E-state index contributed by atoms with van der Waals surface area (Å²) in [5, 5.41) is 32.2. The first-order valence-corrected chi connectivity index (χ1v) is 4.60. The van der Waals surface area contributed by atoms with Crippen LogP contribution in [0.4, 0.5) is 17.1 Å². The third-order valence-corrected chi connectivity index (χ3v) is 1.94. The Morgan fingerprint density at radius 2 is 2.00 bits per heavy atom. The molecule has 1 rings (SSSR count). The van der Waals surface area contributed by atoms with Crippen molar-refractivity contribution >= 4 is 17.1 Å². The molecule has 0 fully saturated rings. The van der Waals surface area contributed by atoms with Gasteiger partial charge in [0, 0.05) is 12.6 Å². The molecule has 17 heavy (non-hydrogen) atoms. The SMILES string of the molecule is N#CCCNc1ccc([N+](=O)[O-])cc1[N+](=O)[O-]. The Morgan fingerprint density at radius 1 is 1.29 bits per heavy atom. The lowest BCUT2D eigenvalue weighted by Crippen LogP contribution is -2.04. The average molecular weight is 236 g/mol. The molecule has 0 radical (unpaired) electrons. The first-order chi connectivity index (χ1) is 8.06. The van der Waals surface area contributed by atoms with Crippen molar-refractivity contribution in [2.75, 3.05) is 11.9 Å². The number of nitriles is 1. The van der Waals surface area contributed by atoms with Crippen molar-refractivity contribution in [1.29, 1.82) is 5.26 Å². The molecule has 0 heterocycles. The van der Waals surface area contributed by atoms with Crippen LogP contribution >= 0.6 is 0 Å². The lowest BCUT2D eigenvalue weighted by atomic mass is 10.2. The van der Waals surface area contributed by atoms with Gasteiger partial charge >= 0.3 is 0 Å². The van der Waals surface area contributed by atoms with Gasteiger partial charge in [0.2, 0.25) is 0 Å². The minimum Gasteiger partial charge on any atom is -0.378 e. The largest absolute Gasteiger partial charge is 0.378 e. The molecule has 0 unspecified atom stereocenters. The van der Waals surface area contributed by atoms with Crippen molar-refractivity contribution in [3.8, 4) is 6.07 Å². The van der Waals surface area contributed by atoms with E-state index in [9.17, 15) is 20.2 Å². The molecule has 0 aromatic heterocycles. The number of anilines is 1. The van der Waals surface area contributed by atoms with Crippen molar-refractivity contribution in [3.63, 3.8) is 0 Å². The molecule has 1 aromatic rings. The summed E-state index contributed by atoms with van der Waals surface area (Å²) in [5.41, 5.74) is -0.560. The topological polar surface area (TPSA) is 122 Å². The third-order valence-electron chi connectivity index (χ3n) is 1.94. The summed E-state index contributed by atoms with van der Waals surface area (Å²) >= 11 is 0. The van der Waals surface area contributed by atoms with Crippen molar-refractivity contribution in [2.24, 2.45) is 0 Å². The fourth-order valence-corrected chi connectivity index (χ4v) is 1.19. The molecule has 0 aliphatic heterocycles. The molecule has 1 aromatic carbocycles. The Balaban J connectivity index is 3.01. The number of hydrogen-bond acceptors (Lipinski definition) is 6. The lowest BCUT2D eigenvalue weighted by Gasteiger charge is -2.04. The van der Waals surface area contributed by atoms with E-state index < -0.39 is 9.85 Å². The smallest absolute Gasteiger partial charge is 0.299 e. The molecule has 88 valence electrons. The van der Waals surface area contributed by atoms with Gasteiger partial charge in [-0.15, -0.1) is 0 Å². The molecule has 0 atom stereocenters. The van der Waals surface area contributed by atoms with Crippen LogP contribution in [0.5, 0.6) is 0 Å². The minimum atomic E-state index is -0.707. The molecule has 0 saturated heterocycles. The standard InChI is InChI=1S/C9H8N4O4/c10-4-1-5-11-8-3-2-7(12(14)15)6-9(8)13(16)17/h2-3,6,11H,1,5H2. The van der Waals surface area contributed by atoms with Gasteiger partial charge in [0.15, 0.2) is 0 Å². The van der Waals surface area contributed by atoms with E-state index in [1.807, 2.05) is 6.07 Å². The number of rotatable bonds is 5. The van der Waals surface area contributed by atoms with Crippen LogP contribution in [0, 0.1) is 31.6 Å². The van der Waals surface area contributed by atoms with Crippen LogP contribution in [-0.2, 0) is 0 Å². The summed E-state index contributed by atoms with van der Waals surface area (Å²) in [5.74, 6) is 0. The molecule has 1 N–H and O–H groups in total. The quantitative estimate of drug-likeness (QED) is 0.472. The predicted octanol–water partition coefficient (Wildman–Crippen LogP) is 1.83. The predicted molar refractivity (Wildman–Crippen MR) is 58.5 cm³/mol. The zero-order chi connectivity index (χ0) is 12.8. The minimum absolute atomic E-state index is 0.163. The second kappa shape index (κ2) is 5.41. The van der Waals surface area contributed by atoms with E-state index in [-0.39, 0.29) is 30.0 Å². The maximum atomic E-state index is 10.7. The summed E-state index contributed by atoms with van der Waals surface area (Å²) in [6.45, 7) is 0.245. The molecule has 0 aliphatic carbocycles. The van der Waals surface area contributed by atoms with Crippen LogP contribution in [0.1, 0.15) is 6.42 Å². The zero-order valence-electron chi connectivity index (χ0n) is 8.62. The number of nitro benzene ring substituents is 2. The Morgan fingerprint density at radius 3 is 2.53 bits per heavy atom. The normalized spacial score (nSPS) is 9.35. The second-order valence-electron chi connectivity index (χ2n) is 3.05. The highest BCUT2D eigenvalue weighted by atomic mass is 16.6. The van der Waals surface area contributed by atoms with Gasteiger partial charge in [0.05, 0.1) is 28.4 Å². The Bertz CT molecular complexity index is 494. The van der Waals surface area contributed by atoms with E-state index in [1.54, 1.807) is 0 Å². The van der Waals surface area contributed by atoms with Gasteiger partial charge in [-0.2, -0.15) is 5.26 Å². The summed E-state index contributed by atoms with van der Waals surface area (Å²) in [6.07, 6.45) is 0.189. The first kappa shape index (κ1) is 12.4. The van der Waals surface area contributed by atoms with Crippen LogP contribution in [0.2, 0.25) is 0 Å². The van der Waals surface area contributed by atoms with Gasteiger partial charge in [0.1, 0.15) is 5.69 Å². The molecular formula is C9H8N4O4. The van der Waals surface area contributed by atoms with Gasteiger partial charge in [-0.3, -0.25) is 20.2 Å². The van der Waals surface area contributed by atoms with E-state index in [0.29, 0.717) is 0 Å². The van der Waals surface area contributed by atoms with Gasteiger partial charge in [-0.05, 0) is 6.07 Å². The molecule has 8 heteroatoms. The molecule has 8 nitrogen and oxygen atoms in total. The van der Waals surface area contributed by atoms with E-state index in [0.717, 1.165) is 6.07 Å².